The lowest BCUT2D eigenvalue weighted by molar-refractivity contribution is -0.141. The quantitative estimate of drug-likeness (QED) is 0.143. The predicted octanol–water partition coefficient (Wildman–Crippen LogP) is 7.96. The first-order valence-corrected chi connectivity index (χ1v) is 19.3. The number of carbonyl (C=O) groups excluding carboxylic acids is 4. The number of hydrogen-bond acceptors (Lipinski definition) is 8. The number of likely N-dealkylation sites (tertiary alicyclic amines) is 1. The third-order valence-electron chi connectivity index (χ3n) is 10.9. The minimum absolute atomic E-state index is 0.0954. The van der Waals surface area contributed by atoms with Crippen LogP contribution in [0.5, 0.6) is 11.5 Å². The summed E-state index contributed by atoms with van der Waals surface area (Å²) >= 11 is 15.0. The van der Waals surface area contributed by atoms with E-state index in [1.807, 2.05) is 23.6 Å². The van der Waals surface area contributed by atoms with Gasteiger partial charge >= 0.3 is 0 Å². The lowest BCUT2D eigenvalue weighted by Gasteiger charge is -2.51. The molecule has 3 aromatic carbocycles. The van der Waals surface area contributed by atoms with Gasteiger partial charge in [0, 0.05) is 20.3 Å². The molecule has 6 atom stereocenters. The second-order valence-electron chi connectivity index (χ2n) is 13.4. The fourth-order valence-electron chi connectivity index (χ4n) is 8.76. The fraction of sp³-hybridized carbons (Fsp3) is 0.263. The number of methoxy groups -OCH3 is 1. The van der Waals surface area contributed by atoms with Crippen molar-refractivity contribution in [3.8, 4) is 11.5 Å². The largest absolute Gasteiger partial charge is 0.503 e. The van der Waals surface area contributed by atoms with Crippen LogP contribution in [0.4, 0.5) is 10.1 Å². The Morgan fingerprint density at radius 3 is 2.40 bits per heavy atom. The number of ether oxygens (including phenoxy) is 1. The number of imide groups is 2. The number of allylic oxidation sites excluding steroid dienone is 2. The zero-order chi connectivity index (χ0) is 36.6. The molecule has 2 saturated heterocycles. The summed E-state index contributed by atoms with van der Waals surface area (Å²) in [5.41, 5.74) is 3.43. The summed E-state index contributed by atoms with van der Waals surface area (Å²) < 4.78 is 20.2. The number of amides is 4. The third-order valence-corrected chi connectivity index (χ3v) is 14.2. The van der Waals surface area contributed by atoms with E-state index < -0.39 is 52.6 Å². The number of nitrogens with zero attached hydrogens (tertiary/aromatic N) is 2. The molecule has 2 aliphatic heterocycles. The first kappa shape index (κ1) is 35.0. The fourth-order valence-corrected chi connectivity index (χ4v) is 10.5. The van der Waals surface area contributed by atoms with Crippen LogP contribution in [0.25, 0.3) is 0 Å². The topological polar surface area (TPSA) is 116 Å². The van der Waals surface area contributed by atoms with Crippen LogP contribution in [-0.2, 0) is 31.1 Å². The number of carbonyl (C=O) groups is 4. The molecule has 0 bridgehead atoms. The van der Waals surface area contributed by atoms with Gasteiger partial charge in [-0.2, -0.15) is 5.01 Å². The van der Waals surface area contributed by atoms with Crippen molar-refractivity contribution < 1.29 is 33.4 Å². The molecule has 6 unspecified atom stereocenters. The highest BCUT2D eigenvalue weighted by Gasteiger charge is 2.70. The summed E-state index contributed by atoms with van der Waals surface area (Å²) in [5, 5.41) is 14.3. The molecule has 52 heavy (non-hydrogen) atoms. The van der Waals surface area contributed by atoms with Crippen LogP contribution in [0, 0.1) is 29.5 Å². The Kier molecular flexibility index (Phi) is 8.83. The van der Waals surface area contributed by atoms with E-state index in [9.17, 15) is 23.9 Å². The summed E-state index contributed by atoms with van der Waals surface area (Å²) in [4.78, 5) is 60.7. The third kappa shape index (κ3) is 5.18. The average molecular weight is 870 g/mol. The van der Waals surface area contributed by atoms with Gasteiger partial charge < -0.3 is 9.84 Å². The number of benzene rings is 3. The van der Waals surface area contributed by atoms with Crippen molar-refractivity contribution in [2.24, 2.45) is 23.7 Å². The van der Waals surface area contributed by atoms with Gasteiger partial charge in [-0.25, -0.2) is 4.39 Å². The molecule has 2 N–H and O–H groups in total. The Labute approximate surface area is 323 Å². The lowest BCUT2D eigenvalue weighted by atomic mass is 9.49. The number of phenolic OH excluding ortho intramolecular Hbond substituents is 1. The van der Waals surface area contributed by atoms with Gasteiger partial charge in [-0.05, 0) is 116 Å². The van der Waals surface area contributed by atoms with Crippen molar-refractivity contribution in [3.63, 3.8) is 0 Å². The Morgan fingerprint density at radius 2 is 1.73 bits per heavy atom. The van der Waals surface area contributed by atoms with Crippen molar-refractivity contribution in [2.45, 2.75) is 30.7 Å². The number of fused-ring (bicyclic) bond motifs is 4. The van der Waals surface area contributed by atoms with E-state index in [0.29, 0.717) is 26.3 Å². The standard InChI is InChI=1S/C38H29Br2ClFN3O6S/c1-51-28-16-26(31(39)32(40)33(28)46)30-23-12-13-24-29(36(49)44(34(24)47)17-22-3-2-14-52-22)25(23)15-27-35(48)45(43-21-10-8-20(42)9-11-21)37(50)38(27,30)18-4-6-19(41)7-5-18/h2-12,14,16,24-25,27,29-30,43,46H,13,15,17H2,1H3. The summed E-state index contributed by atoms with van der Waals surface area (Å²) in [6.45, 7) is 0.159. The van der Waals surface area contributed by atoms with Gasteiger partial charge in [-0.3, -0.25) is 29.5 Å². The number of phenols is 1. The SMILES string of the molecule is COc1cc(C2C3=CCC4C(=O)N(Cc5cccs5)C(=O)C4C3CC3C(=O)N(Nc4ccc(F)cc4)C(=O)C32c2ccc(Cl)cc2)c(Br)c(Br)c1O. The zero-order valence-electron chi connectivity index (χ0n) is 27.3. The summed E-state index contributed by atoms with van der Waals surface area (Å²) in [6.07, 6.45) is 2.31. The van der Waals surface area contributed by atoms with E-state index in [0.717, 1.165) is 15.5 Å². The highest BCUT2D eigenvalue weighted by molar-refractivity contribution is 9.13. The molecule has 3 fully saturated rings. The number of hydrazine groups is 1. The molecule has 14 heteroatoms. The summed E-state index contributed by atoms with van der Waals surface area (Å²) in [7, 11) is 1.41. The van der Waals surface area contributed by atoms with E-state index in [1.54, 1.807) is 30.3 Å². The minimum Gasteiger partial charge on any atom is -0.503 e. The van der Waals surface area contributed by atoms with Crippen molar-refractivity contribution in [2.75, 3.05) is 12.5 Å². The molecule has 4 aliphatic rings. The van der Waals surface area contributed by atoms with Crippen LogP contribution in [0.1, 0.15) is 34.8 Å². The van der Waals surface area contributed by atoms with Crippen LogP contribution < -0.4 is 10.2 Å². The van der Waals surface area contributed by atoms with E-state index in [4.69, 9.17) is 16.3 Å². The van der Waals surface area contributed by atoms with Crippen LogP contribution in [0.2, 0.25) is 5.02 Å². The number of aromatic hydroxyl groups is 1. The van der Waals surface area contributed by atoms with Crippen LogP contribution in [0.3, 0.4) is 0 Å². The molecule has 0 spiro atoms. The average Bonchev–Trinajstić information content (AvgIpc) is 3.80. The number of anilines is 1. The van der Waals surface area contributed by atoms with E-state index in [-0.39, 0.29) is 47.2 Å². The monoisotopic (exact) mass is 867 g/mol. The van der Waals surface area contributed by atoms with Crippen molar-refractivity contribution >= 4 is 84.1 Å². The van der Waals surface area contributed by atoms with Gasteiger partial charge in [0.2, 0.25) is 11.8 Å². The first-order chi connectivity index (χ1) is 25.0. The molecule has 4 aromatic rings. The maximum atomic E-state index is 15.4. The predicted molar refractivity (Wildman–Crippen MR) is 199 cm³/mol. The first-order valence-electron chi connectivity index (χ1n) is 16.5. The van der Waals surface area contributed by atoms with E-state index in [1.165, 1.54) is 47.6 Å². The van der Waals surface area contributed by atoms with Gasteiger partial charge in [0.1, 0.15) is 5.82 Å². The Hall–Kier alpha value is -4.04. The van der Waals surface area contributed by atoms with Crippen LogP contribution in [0.15, 0.2) is 92.7 Å². The van der Waals surface area contributed by atoms with E-state index in [2.05, 4.69) is 37.3 Å². The number of rotatable bonds is 7. The molecular formula is C38H29Br2ClFN3O6S. The van der Waals surface area contributed by atoms with Crippen molar-refractivity contribution in [1.29, 1.82) is 0 Å². The molecule has 1 saturated carbocycles. The second kappa shape index (κ2) is 13.1. The second-order valence-corrected chi connectivity index (χ2v) is 16.4. The normalized spacial score (nSPS) is 26.6. The van der Waals surface area contributed by atoms with Crippen molar-refractivity contribution in [1.82, 2.24) is 9.91 Å². The van der Waals surface area contributed by atoms with E-state index >= 15 is 4.79 Å². The highest BCUT2D eigenvalue weighted by Crippen LogP contribution is 2.65. The molecule has 0 radical (unpaired) electrons. The molecular weight excluding hydrogens is 841 g/mol. The molecule has 9 nitrogen and oxygen atoms in total. The zero-order valence-corrected chi connectivity index (χ0v) is 32.1. The van der Waals surface area contributed by atoms with Gasteiger partial charge in [0.05, 0.1) is 47.0 Å². The Balaban J connectivity index is 1.35. The van der Waals surface area contributed by atoms with Crippen LogP contribution in [-0.4, -0.2) is 45.8 Å². The van der Waals surface area contributed by atoms with Gasteiger partial charge in [0.25, 0.3) is 11.8 Å². The minimum atomic E-state index is -1.60. The molecule has 4 amide bonds. The Morgan fingerprint density at radius 1 is 1.00 bits per heavy atom. The molecule has 2 aliphatic carbocycles. The smallest absolute Gasteiger partial charge is 0.260 e. The summed E-state index contributed by atoms with van der Waals surface area (Å²) in [6, 6.07) is 17.5. The summed E-state index contributed by atoms with van der Waals surface area (Å²) in [5.74, 6) is -6.11. The highest BCUT2D eigenvalue weighted by atomic mass is 79.9. The van der Waals surface area contributed by atoms with Crippen molar-refractivity contribution in [3.05, 3.63) is 120 Å². The maximum Gasteiger partial charge on any atom is 0.260 e. The number of nitrogens with one attached hydrogen (secondary N) is 1. The molecule has 8 rings (SSSR count). The maximum absolute atomic E-state index is 15.4. The van der Waals surface area contributed by atoms with Gasteiger partial charge in [0.15, 0.2) is 11.5 Å². The Bertz CT molecular complexity index is 2180. The number of hydrogen-bond donors (Lipinski definition) is 2. The number of thiophene rings is 1. The molecule has 1 aromatic heterocycles. The van der Waals surface area contributed by atoms with Crippen LogP contribution >= 0.6 is 54.8 Å². The van der Waals surface area contributed by atoms with Gasteiger partial charge in [-0.1, -0.05) is 41.4 Å². The van der Waals surface area contributed by atoms with Gasteiger partial charge in [-0.15, -0.1) is 11.3 Å². The molecule has 266 valence electrons. The molecule has 3 heterocycles. The lowest BCUT2D eigenvalue weighted by Crippen LogP contribution is -2.53. The number of halogens is 4.